The summed E-state index contributed by atoms with van der Waals surface area (Å²) in [7, 11) is 0. The first-order chi connectivity index (χ1) is 11.6. The molecule has 0 saturated carbocycles. The molecule has 0 aromatic rings. The van der Waals surface area contributed by atoms with E-state index < -0.39 is 0 Å². The van der Waals surface area contributed by atoms with Gasteiger partial charge in [-0.3, -0.25) is 0 Å². The molecule has 1 aliphatic rings. The van der Waals surface area contributed by atoms with Crippen molar-refractivity contribution in [3.8, 4) is 0 Å². The Morgan fingerprint density at radius 3 is 1.92 bits per heavy atom. The molecule has 0 aromatic heterocycles. The summed E-state index contributed by atoms with van der Waals surface area (Å²) in [6, 6.07) is 0. The van der Waals surface area contributed by atoms with Crippen molar-refractivity contribution in [1.82, 2.24) is 0 Å². The highest BCUT2D eigenvalue weighted by Crippen LogP contribution is 2.19. The summed E-state index contributed by atoms with van der Waals surface area (Å²) < 4.78 is 5.63. The second-order valence-corrected chi connectivity index (χ2v) is 7.94. The van der Waals surface area contributed by atoms with Gasteiger partial charge in [0, 0.05) is 6.42 Å². The van der Waals surface area contributed by atoms with E-state index in [1.165, 1.54) is 83.5 Å². The molecule has 0 atom stereocenters. The Bertz CT molecular complexity index is 357. The molecule has 0 spiro atoms. The Balaban J connectivity index is 1.80. The van der Waals surface area contributed by atoms with Crippen LogP contribution in [0, 0.1) is 0 Å². The summed E-state index contributed by atoms with van der Waals surface area (Å²) in [5.74, 6) is 0.984. The van der Waals surface area contributed by atoms with Crippen LogP contribution in [0.25, 0.3) is 0 Å². The average Bonchev–Trinajstić information content (AvgIpc) is 2.90. The molecule has 0 fully saturated rings. The SMILES string of the molecule is CCCCCCCC/C=C/CCCCCCCC1=NC(C)(C)CO1. The molecule has 0 amide bonds. The van der Waals surface area contributed by atoms with Crippen LogP contribution in [0.4, 0.5) is 0 Å². The Morgan fingerprint density at radius 2 is 1.38 bits per heavy atom. The van der Waals surface area contributed by atoms with Crippen molar-refractivity contribution in [2.45, 2.75) is 116 Å². The lowest BCUT2D eigenvalue weighted by Crippen LogP contribution is -2.17. The number of aliphatic imine (C=N–C) groups is 1. The molecule has 0 aliphatic carbocycles. The highest BCUT2D eigenvalue weighted by atomic mass is 16.5. The van der Waals surface area contributed by atoms with Crippen LogP contribution in [-0.2, 0) is 4.74 Å². The maximum Gasteiger partial charge on any atom is 0.183 e. The fraction of sp³-hybridized carbons (Fsp3) is 0.864. The number of nitrogens with zero attached hydrogens (tertiary/aromatic N) is 1. The second-order valence-electron chi connectivity index (χ2n) is 7.94. The zero-order valence-corrected chi connectivity index (χ0v) is 16.6. The van der Waals surface area contributed by atoms with E-state index in [9.17, 15) is 0 Å². The van der Waals surface area contributed by atoms with Gasteiger partial charge in [-0.1, -0.05) is 70.4 Å². The maximum absolute atomic E-state index is 5.63. The Labute approximate surface area is 151 Å². The standard InChI is InChI=1S/C22H41NO/c1-4-5-6-7-8-9-10-11-12-13-14-15-16-17-18-19-21-23-22(2,3)20-24-21/h11-12H,4-10,13-20H2,1-3H3/b12-11+. The predicted molar refractivity (Wildman–Crippen MR) is 107 cm³/mol. The molecule has 1 rings (SSSR count). The van der Waals surface area contributed by atoms with Crippen LogP contribution in [0.3, 0.4) is 0 Å². The molecule has 1 heterocycles. The number of hydrogen-bond acceptors (Lipinski definition) is 2. The van der Waals surface area contributed by atoms with Crippen LogP contribution < -0.4 is 0 Å². The first kappa shape index (κ1) is 21.3. The summed E-state index contributed by atoms with van der Waals surface area (Å²) in [6.45, 7) is 7.32. The minimum Gasteiger partial charge on any atom is -0.478 e. The monoisotopic (exact) mass is 335 g/mol. The lowest BCUT2D eigenvalue weighted by atomic mass is 10.1. The third kappa shape index (κ3) is 11.7. The molecule has 24 heavy (non-hydrogen) atoms. The minimum absolute atomic E-state index is 0.0111. The third-order valence-electron chi connectivity index (χ3n) is 4.67. The molecule has 0 radical (unpaired) electrons. The molecule has 0 aromatic carbocycles. The highest BCUT2D eigenvalue weighted by molar-refractivity contribution is 5.78. The summed E-state index contributed by atoms with van der Waals surface area (Å²) in [6.07, 6.45) is 23.4. The van der Waals surface area contributed by atoms with E-state index >= 15 is 0 Å². The highest BCUT2D eigenvalue weighted by Gasteiger charge is 2.25. The van der Waals surface area contributed by atoms with Crippen LogP contribution in [0.2, 0.25) is 0 Å². The van der Waals surface area contributed by atoms with Gasteiger partial charge in [-0.2, -0.15) is 0 Å². The normalized spacial score (nSPS) is 16.5. The molecule has 0 bridgehead atoms. The summed E-state index contributed by atoms with van der Waals surface area (Å²) in [5, 5.41) is 0. The number of ether oxygens (including phenoxy) is 1. The van der Waals surface area contributed by atoms with Gasteiger partial charge in [-0.05, 0) is 46.0 Å². The van der Waals surface area contributed by atoms with Crippen LogP contribution in [0.5, 0.6) is 0 Å². The van der Waals surface area contributed by atoms with Crippen molar-refractivity contribution >= 4 is 5.90 Å². The summed E-state index contributed by atoms with van der Waals surface area (Å²) in [4.78, 5) is 4.61. The quantitative estimate of drug-likeness (QED) is 0.228. The Hall–Kier alpha value is -0.790. The van der Waals surface area contributed by atoms with Gasteiger partial charge in [-0.15, -0.1) is 0 Å². The lowest BCUT2D eigenvalue weighted by Gasteiger charge is -2.07. The fourth-order valence-corrected chi connectivity index (χ4v) is 3.14. The van der Waals surface area contributed by atoms with Gasteiger partial charge in [0.15, 0.2) is 5.90 Å². The molecular weight excluding hydrogens is 294 g/mol. The van der Waals surface area contributed by atoms with E-state index in [4.69, 9.17) is 4.74 Å². The Morgan fingerprint density at radius 1 is 0.833 bits per heavy atom. The number of allylic oxidation sites excluding steroid dienone is 2. The van der Waals surface area contributed by atoms with Crippen LogP contribution >= 0.6 is 0 Å². The van der Waals surface area contributed by atoms with E-state index in [0.717, 1.165) is 18.9 Å². The first-order valence-corrected chi connectivity index (χ1v) is 10.5. The summed E-state index contributed by atoms with van der Waals surface area (Å²) in [5.41, 5.74) is 0.0111. The van der Waals surface area contributed by atoms with Gasteiger partial charge in [0.25, 0.3) is 0 Å². The van der Waals surface area contributed by atoms with Crippen LogP contribution in [0.15, 0.2) is 17.1 Å². The van der Waals surface area contributed by atoms with Crippen molar-refractivity contribution in [2.75, 3.05) is 6.61 Å². The second kappa shape index (κ2) is 13.5. The predicted octanol–water partition coefficient (Wildman–Crippen LogP) is 7.23. The van der Waals surface area contributed by atoms with E-state index in [1.807, 2.05) is 0 Å². The van der Waals surface area contributed by atoms with Crippen LogP contribution in [0.1, 0.15) is 111 Å². The molecule has 0 N–H and O–H groups in total. The van der Waals surface area contributed by atoms with Crippen molar-refractivity contribution in [3.63, 3.8) is 0 Å². The van der Waals surface area contributed by atoms with E-state index in [0.29, 0.717) is 0 Å². The van der Waals surface area contributed by atoms with Crippen molar-refractivity contribution in [3.05, 3.63) is 12.2 Å². The summed E-state index contributed by atoms with van der Waals surface area (Å²) >= 11 is 0. The minimum atomic E-state index is 0.0111. The van der Waals surface area contributed by atoms with E-state index in [1.54, 1.807) is 0 Å². The van der Waals surface area contributed by atoms with Crippen molar-refractivity contribution in [1.29, 1.82) is 0 Å². The topological polar surface area (TPSA) is 21.6 Å². The molecule has 2 nitrogen and oxygen atoms in total. The largest absolute Gasteiger partial charge is 0.478 e. The first-order valence-electron chi connectivity index (χ1n) is 10.5. The number of unbranched alkanes of at least 4 members (excludes halogenated alkanes) is 11. The van der Waals surface area contributed by atoms with E-state index in [-0.39, 0.29) is 5.54 Å². The Kier molecular flexibility index (Phi) is 12.0. The smallest absolute Gasteiger partial charge is 0.183 e. The van der Waals surface area contributed by atoms with Gasteiger partial charge in [0.2, 0.25) is 0 Å². The fourth-order valence-electron chi connectivity index (χ4n) is 3.14. The van der Waals surface area contributed by atoms with Crippen LogP contribution in [-0.4, -0.2) is 18.0 Å². The number of rotatable bonds is 15. The molecule has 0 unspecified atom stereocenters. The molecule has 140 valence electrons. The van der Waals surface area contributed by atoms with Gasteiger partial charge >= 0.3 is 0 Å². The zero-order chi connectivity index (χ0) is 17.5. The number of hydrogen-bond donors (Lipinski definition) is 0. The molecule has 0 saturated heterocycles. The average molecular weight is 336 g/mol. The zero-order valence-electron chi connectivity index (χ0n) is 16.6. The molecule has 2 heteroatoms. The maximum atomic E-state index is 5.63. The van der Waals surface area contributed by atoms with Crippen molar-refractivity contribution in [2.24, 2.45) is 4.99 Å². The molecule has 1 aliphatic heterocycles. The third-order valence-corrected chi connectivity index (χ3v) is 4.67. The van der Waals surface area contributed by atoms with Gasteiger partial charge < -0.3 is 4.74 Å². The van der Waals surface area contributed by atoms with Crippen molar-refractivity contribution < 1.29 is 4.74 Å². The lowest BCUT2D eigenvalue weighted by molar-refractivity contribution is 0.273. The van der Waals surface area contributed by atoms with Gasteiger partial charge in [0.05, 0.1) is 5.54 Å². The van der Waals surface area contributed by atoms with Gasteiger partial charge in [0.1, 0.15) is 6.61 Å². The van der Waals surface area contributed by atoms with E-state index in [2.05, 4.69) is 37.9 Å². The van der Waals surface area contributed by atoms with Gasteiger partial charge in [-0.25, -0.2) is 4.99 Å². The molecular formula is C22H41NO.